The minimum absolute atomic E-state index is 0. The van der Waals surface area contributed by atoms with Gasteiger partial charge in [0.05, 0.1) is 13.2 Å². The average Bonchev–Trinajstić information content (AvgIpc) is 3.45. The van der Waals surface area contributed by atoms with Crippen LogP contribution in [0.25, 0.3) is 0 Å². The summed E-state index contributed by atoms with van der Waals surface area (Å²) < 4.78 is 11.4. The fourth-order valence-corrected chi connectivity index (χ4v) is 2.97. The van der Waals surface area contributed by atoms with Crippen LogP contribution in [0, 0.1) is 11.3 Å². The number of rotatable bonds is 13. The van der Waals surface area contributed by atoms with Gasteiger partial charge in [-0.3, -0.25) is 4.99 Å². The monoisotopic (exact) mass is 503 g/mol. The predicted molar refractivity (Wildman–Crippen MR) is 127 cm³/mol. The zero-order valence-corrected chi connectivity index (χ0v) is 20.0. The van der Waals surface area contributed by atoms with E-state index in [-0.39, 0.29) is 24.0 Å². The van der Waals surface area contributed by atoms with Crippen LogP contribution in [0.2, 0.25) is 0 Å². The van der Waals surface area contributed by atoms with Gasteiger partial charge in [-0.05, 0) is 50.0 Å². The maximum absolute atomic E-state index is 5.84. The van der Waals surface area contributed by atoms with Crippen molar-refractivity contribution in [2.24, 2.45) is 16.3 Å². The number of nitrogens with zero attached hydrogens (tertiary/aromatic N) is 1. The molecule has 5 nitrogen and oxygen atoms in total. The van der Waals surface area contributed by atoms with Crippen molar-refractivity contribution in [3.63, 3.8) is 0 Å². The summed E-state index contributed by atoms with van der Waals surface area (Å²) in [6, 6.07) is 10.3. The summed E-state index contributed by atoms with van der Waals surface area (Å²) in [6.07, 6.45) is 3.66. The molecule has 1 aliphatic rings. The van der Waals surface area contributed by atoms with Crippen LogP contribution >= 0.6 is 24.0 Å². The van der Waals surface area contributed by atoms with Crippen molar-refractivity contribution in [3.05, 3.63) is 35.9 Å². The first-order valence-corrected chi connectivity index (χ1v) is 10.4. The molecule has 0 heterocycles. The van der Waals surface area contributed by atoms with Crippen LogP contribution in [0.4, 0.5) is 0 Å². The van der Waals surface area contributed by atoms with Gasteiger partial charge in [-0.2, -0.15) is 0 Å². The zero-order chi connectivity index (χ0) is 19.4. The molecule has 28 heavy (non-hydrogen) atoms. The molecule has 160 valence electrons. The Morgan fingerprint density at radius 3 is 2.54 bits per heavy atom. The van der Waals surface area contributed by atoms with Gasteiger partial charge in [0.1, 0.15) is 0 Å². The number of nitrogens with one attached hydrogen (secondary N) is 2. The highest BCUT2D eigenvalue weighted by atomic mass is 127. The van der Waals surface area contributed by atoms with Crippen LogP contribution < -0.4 is 10.6 Å². The van der Waals surface area contributed by atoms with E-state index in [1.807, 2.05) is 18.2 Å². The molecule has 0 spiro atoms. The van der Waals surface area contributed by atoms with Crippen molar-refractivity contribution in [2.75, 3.05) is 39.5 Å². The normalized spacial score (nSPS) is 16.2. The van der Waals surface area contributed by atoms with E-state index in [0.29, 0.717) is 17.9 Å². The second-order valence-electron chi connectivity index (χ2n) is 7.63. The Kier molecular flexibility index (Phi) is 12.7. The van der Waals surface area contributed by atoms with Crippen molar-refractivity contribution in [1.29, 1.82) is 0 Å². The van der Waals surface area contributed by atoms with Gasteiger partial charge in [0.25, 0.3) is 0 Å². The van der Waals surface area contributed by atoms with Crippen molar-refractivity contribution in [2.45, 2.75) is 46.6 Å². The zero-order valence-electron chi connectivity index (χ0n) is 17.7. The van der Waals surface area contributed by atoms with Crippen LogP contribution in [0.5, 0.6) is 0 Å². The minimum Gasteiger partial charge on any atom is -0.382 e. The Morgan fingerprint density at radius 1 is 1.14 bits per heavy atom. The van der Waals surface area contributed by atoms with Crippen molar-refractivity contribution in [3.8, 4) is 0 Å². The third kappa shape index (κ3) is 10.1. The lowest BCUT2D eigenvalue weighted by Gasteiger charge is -2.18. The van der Waals surface area contributed by atoms with Gasteiger partial charge in [-0.25, -0.2) is 0 Å². The van der Waals surface area contributed by atoms with Gasteiger partial charge in [0, 0.05) is 32.8 Å². The van der Waals surface area contributed by atoms with Gasteiger partial charge in [0.2, 0.25) is 0 Å². The SMILES string of the molecule is CCNC(=NCC1(CCOCC)CC1)NCC(C)COCc1ccccc1.I. The second kappa shape index (κ2) is 14.2. The van der Waals surface area contributed by atoms with Gasteiger partial charge < -0.3 is 20.1 Å². The molecule has 1 aromatic rings. The Bertz CT molecular complexity index is 550. The molecular weight excluding hydrogens is 465 g/mol. The van der Waals surface area contributed by atoms with Crippen molar-refractivity contribution < 1.29 is 9.47 Å². The molecule has 1 atom stereocenters. The number of ether oxygens (including phenoxy) is 2. The summed E-state index contributed by atoms with van der Waals surface area (Å²) >= 11 is 0. The molecule has 0 aliphatic heterocycles. The Morgan fingerprint density at radius 2 is 1.89 bits per heavy atom. The number of benzene rings is 1. The Hall–Kier alpha value is -0.860. The molecule has 6 heteroatoms. The number of guanidine groups is 1. The number of hydrogen-bond donors (Lipinski definition) is 2. The average molecular weight is 503 g/mol. The largest absolute Gasteiger partial charge is 0.382 e. The maximum Gasteiger partial charge on any atom is 0.191 e. The lowest BCUT2D eigenvalue weighted by molar-refractivity contribution is 0.0931. The number of aliphatic imine (C=N–C) groups is 1. The molecule has 0 bridgehead atoms. The third-order valence-corrected chi connectivity index (χ3v) is 4.99. The van der Waals surface area contributed by atoms with Gasteiger partial charge in [-0.1, -0.05) is 37.3 Å². The highest BCUT2D eigenvalue weighted by molar-refractivity contribution is 14.0. The summed E-state index contributed by atoms with van der Waals surface area (Å²) in [7, 11) is 0. The van der Waals surface area contributed by atoms with Crippen LogP contribution in [0.1, 0.15) is 45.6 Å². The molecule has 2 N–H and O–H groups in total. The highest BCUT2D eigenvalue weighted by Crippen LogP contribution is 2.48. The van der Waals surface area contributed by atoms with E-state index >= 15 is 0 Å². The first-order chi connectivity index (χ1) is 13.2. The van der Waals surface area contributed by atoms with E-state index < -0.39 is 0 Å². The summed E-state index contributed by atoms with van der Waals surface area (Å²) in [4.78, 5) is 4.82. The number of hydrogen-bond acceptors (Lipinski definition) is 3. The number of halogens is 1. The van der Waals surface area contributed by atoms with Crippen LogP contribution in [0.3, 0.4) is 0 Å². The lowest BCUT2D eigenvalue weighted by Crippen LogP contribution is -2.40. The molecule has 1 fully saturated rings. The molecule has 1 aliphatic carbocycles. The van der Waals surface area contributed by atoms with Crippen LogP contribution in [-0.4, -0.2) is 45.4 Å². The molecule has 0 radical (unpaired) electrons. The van der Waals surface area contributed by atoms with E-state index in [0.717, 1.165) is 51.8 Å². The van der Waals surface area contributed by atoms with E-state index in [4.69, 9.17) is 14.5 Å². The predicted octanol–water partition coefficient (Wildman–Crippen LogP) is 4.22. The molecule has 1 saturated carbocycles. The fourth-order valence-electron chi connectivity index (χ4n) is 2.97. The van der Waals surface area contributed by atoms with Crippen LogP contribution in [0.15, 0.2) is 35.3 Å². The highest BCUT2D eigenvalue weighted by Gasteiger charge is 2.41. The standard InChI is InChI=1S/C22H37N3O2.HI/c1-4-23-21(25-18-22(11-12-22)13-14-26-5-2)24-15-19(3)16-27-17-20-9-7-6-8-10-20;/h6-10,19H,4-5,11-18H2,1-3H3,(H2,23,24,25);1H. The summed E-state index contributed by atoms with van der Waals surface area (Å²) in [6.45, 7) is 12.0. The van der Waals surface area contributed by atoms with E-state index in [9.17, 15) is 0 Å². The fraction of sp³-hybridized carbons (Fsp3) is 0.682. The van der Waals surface area contributed by atoms with Gasteiger partial charge in [0.15, 0.2) is 5.96 Å². The Labute approximate surface area is 188 Å². The van der Waals surface area contributed by atoms with Crippen molar-refractivity contribution in [1.82, 2.24) is 10.6 Å². The molecule has 0 aromatic heterocycles. The molecule has 0 saturated heterocycles. The molecular formula is C22H38IN3O2. The first kappa shape index (κ1) is 25.2. The minimum atomic E-state index is 0. The van der Waals surface area contributed by atoms with Crippen LogP contribution in [-0.2, 0) is 16.1 Å². The summed E-state index contributed by atoms with van der Waals surface area (Å²) in [5.74, 6) is 1.33. The van der Waals surface area contributed by atoms with E-state index in [1.54, 1.807) is 0 Å². The van der Waals surface area contributed by atoms with E-state index in [2.05, 4.69) is 43.5 Å². The molecule has 2 rings (SSSR count). The van der Waals surface area contributed by atoms with Gasteiger partial charge >= 0.3 is 0 Å². The molecule has 1 unspecified atom stereocenters. The van der Waals surface area contributed by atoms with Crippen molar-refractivity contribution >= 4 is 29.9 Å². The molecule has 1 aromatic carbocycles. The molecule has 0 amide bonds. The third-order valence-electron chi connectivity index (χ3n) is 4.99. The maximum atomic E-state index is 5.84. The summed E-state index contributed by atoms with van der Waals surface area (Å²) in [5.41, 5.74) is 1.59. The first-order valence-electron chi connectivity index (χ1n) is 10.4. The topological polar surface area (TPSA) is 54.9 Å². The summed E-state index contributed by atoms with van der Waals surface area (Å²) in [5, 5.41) is 6.82. The smallest absolute Gasteiger partial charge is 0.191 e. The second-order valence-corrected chi connectivity index (χ2v) is 7.63. The van der Waals surface area contributed by atoms with Gasteiger partial charge in [-0.15, -0.1) is 24.0 Å². The quantitative estimate of drug-likeness (QED) is 0.183. The lowest BCUT2D eigenvalue weighted by atomic mass is 10.0. The van der Waals surface area contributed by atoms with E-state index in [1.165, 1.54) is 18.4 Å². The Balaban J connectivity index is 0.00000392.